The van der Waals surface area contributed by atoms with Crippen LogP contribution in [0.2, 0.25) is 0 Å². The zero-order valence-electron chi connectivity index (χ0n) is 12.2. The molecule has 8 heteroatoms. The lowest BCUT2D eigenvalue weighted by molar-refractivity contribution is -0.138. The Morgan fingerprint density at radius 1 is 1.26 bits per heavy atom. The van der Waals surface area contributed by atoms with Crippen molar-refractivity contribution in [1.29, 1.82) is 0 Å². The molecule has 5 nitrogen and oxygen atoms in total. The molecule has 2 aliphatic rings. The largest absolute Gasteiger partial charge is 0.490 e. The molecule has 1 fully saturated rings. The van der Waals surface area contributed by atoms with E-state index in [1.807, 2.05) is 0 Å². The summed E-state index contributed by atoms with van der Waals surface area (Å²) < 4.78 is 47.3. The van der Waals surface area contributed by atoms with E-state index in [9.17, 15) is 18.0 Å². The first-order chi connectivity index (χ1) is 10.9. The third-order valence-electron chi connectivity index (χ3n) is 3.92. The Morgan fingerprint density at radius 3 is 2.70 bits per heavy atom. The Bertz CT molecular complexity index is 605. The molecule has 0 aromatic heterocycles. The highest BCUT2D eigenvalue weighted by Crippen LogP contribution is 2.36. The van der Waals surface area contributed by atoms with Gasteiger partial charge in [-0.15, -0.1) is 0 Å². The molecule has 1 aromatic carbocycles. The lowest BCUT2D eigenvalue weighted by Gasteiger charge is -2.13. The predicted molar refractivity (Wildman–Crippen MR) is 74.6 cm³/mol. The van der Waals surface area contributed by atoms with E-state index in [0.717, 1.165) is 5.56 Å². The van der Waals surface area contributed by atoms with Crippen molar-refractivity contribution in [3.63, 3.8) is 0 Å². The number of hydrogen-bond acceptors (Lipinski definition) is 4. The van der Waals surface area contributed by atoms with Gasteiger partial charge in [-0.05, 0) is 30.2 Å². The summed E-state index contributed by atoms with van der Waals surface area (Å²) in [5.41, 5.74) is 1.36. The minimum Gasteiger partial charge on any atom is -0.490 e. The fourth-order valence-electron chi connectivity index (χ4n) is 2.79. The van der Waals surface area contributed by atoms with Gasteiger partial charge in [0.1, 0.15) is 18.0 Å². The van der Waals surface area contributed by atoms with Crippen LogP contribution < -0.4 is 9.64 Å². The number of amides is 1. The van der Waals surface area contributed by atoms with Gasteiger partial charge in [-0.1, -0.05) is 0 Å². The Labute approximate surface area is 130 Å². The molecule has 0 bridgehead atoms. The SMILES string of the molecule is O=C1OC(CO)CN1c1ccc2c(c1)CC(CCC(F)(F)F)O2. The highest BCUT2D eigenvalue weighted by Gasteiger charge is 2.34. The van der Waals surface area contributed by atoms with Crippen molar-refractivity contribution in [1.82, 2.24) is 0 Å². The molecule has 0 radical (unpaired) electrons. The highest BCUT2D eigenvalue weighted by atomic mass is 19.4. The fraction of sp³-hybridized carbons (Fsp3) is 0.533. The minimum absolute atomic E-state index is 0.0914. The van der Waals surface area contributed by atoms with E-state index in [-0.39, 0.29) is 19.6 Å². The van der Waals surface area contributed by atoms with Gasteiger partial charge in [-0.3, -0.25) is 4.90 Å². The van der Waals surface area contributed by atoms with Gasteiger partial charge in [0.15, 0.2) is 0 Å². The van der Waals surface area contributed by atoms with Crippen LogP contribution in [-0.2, 0) is 11.2 Å². The molecular weight excluding hydrogens is 315 g/mol. The summed E-state index contributed by atoms with van der Waals surface area (Å²) >= 11 is 0. The van der Waals surface area contributed by atoms with Gasteiger partial charge in [-0.2, -0.15) is 13.2 Å². The second kappa shape index (κ2) is 5.92. The number of aliphatic hydroxyl groups is 1. The molecule has 1 saturated heterocycles. The van der Waals surface area contributed by atoms with E-state index in [1.54, 1.807) is 18.2 Å². The summed E-state index contributed by atoms with van der Waals surface area (Å²) in [6.07, 6.45) is -6.39. The number of alkyl halides is 3. The number of fused-ring (bicyclic) bond motifs is 1. The minimum atomic E-state index is -4.19. The number of carbonyl (C=O) groups excluding carboxylic acids is 1. The van der Waals surface area contributed by atoms with Crippen molar-refractivity contribution in [2.24, 2.45) is 0 Å². The van der Waals surface area contributed by atoms with Crippen LogP contribution in [0.1, 0.15) is 18.4 Å². The number of ether oxygens (including phenoxy) is 2. The molecule has 0 aliphatic carbocycles. The van der Waals surface area contributed by atoms with Gasteiger partial charge in [0.2, 0.25) is 0 Å². The van der Waals surface area contributed by atoms with E-state index in [2.05, 4.69) is 0 Å². The molecule has 0 spiro atoms. The van der Waals surface area contributed by atoms with Crippen molar-refractivity contribution >= 4 is 11.8 Å². The van der Waals surface area contributed by atoms with Crippen LogP contribution in [-0.4, -0.2) is 42.7 Å². The van der Waals surface area contributed by atoms with Crippen LogP contribution in [0.5, 0.6) is 5.75 Å². The van der Waals surface area contributed by atoms with Gasteiger partial charge < -0.3 is 14.6 Å². The zero-order valence-corrected chi connectivity index (χ0v) is 12.2. The van der Waals surface area contributed by atoms with Crippen LogP contribution >= 0.6 is 0 Å². The van der Waals surface area contributed by atoms with Crippen molar-refractivity contribution in [3.05, 3.63) is 23.8 Å². The third-order valence-corrected chi connectivity index (χ3v) is 3.92. The van der Waals surface area contributed by atoms with E-state index in [1.165, 1.54) is 4.90 Å². The van der Waals surface area contributed by atoms with E-state index in [0.29, 0.717) is 17.9 Å². The summed E-state index contributed by atoms with van der Waals surface area (Å²) in [5, 5.41) is 9.05. The Morgan fingerprint density at radius 2 is 2.04 bits per heavy atom. The van der Waals surface area contributed by atoms with Crippen LogP contribution in [0.3, 0.4) is 0 Å². The monoisotopic (exact) mass is 331 g/mol. The molecule has 1 N–H and O–H groups in total. The number of anilines is 1. The molecule has 2 atom stereocenters. The number of carbonyl (C=O) groups is 1. The summed E-state index contributed by atoms with van der Waals surface area (Å²) in [5.74, 6) is 0.548. The smallest absolute Gasteiger partial charge is 0.414 e. The highest BCUT2D eigenvalue weighted by molar-refractivity contribution is 5.90. The summed E-state index contributed by atoms with van der Waals surface area (Å²) in [4.78, 5) is 13.2. The number of rotatable bonds is 4. The van der Waals surface area contributed by atoms with Crippen molar-refractivity contribution < 1.29 is 32.5 Å². The maximum absolute atomic E-state index is 12.3. The number of aliphatic hydroxyl groups excluding tert-OH is 1. The first-order valence-electron chi connectivity index (χ1n) is 7.31. The molecular formula is C15H16F3NO4. The molecule has 23 heavy (non-hydrogen) atoms. The molecule has 3 rings (SSSR count). The number of cyclic esters (lactones) is 1. The molecule has 126 valence electrons. The van der Waals surface area contributed by atoms with Crippen LogP contribution in [0.25, 0.3) is 0 Å². The van der Waals surface area contributed by atoms with Crippen LogP contribution in [0.15, 0.2) is 18.2 Å². The second-order valence-electron chi connectivity index (χ2n) is 5.69. The normalized spacial score (nSPS) is 23.7. The standard InChI is InChI=1S/C15H16F3NO4/c16-15(17,18)4-3-11-6-9-5-10(1-2-13(9)22-11)19-7-12(8-20)23-14(19)21/h1-2,5,11-12,20H,3-4,6-8H2. The number of hydrogen-bond donors (Lipinski definition) is 1. The number of benzene rings is 1. The first-order valence-corrected chi connectivity index (χ1v) is 7.31. The predicted octanol–water partition coefficient (Wildman–Crippen LogP) is 2.65. The second-order valence-corrected chi connectivity index (χ2v) is 5.69. The maximum Gasteiger partial charge on any atom is 0.414 e. The quantitative estimate of drug-likeness (QED) is 0.921. The lowest BCUT2D eigenvalue weighted by Crippen LogP contribution is -2.25. The van der Waals surface area contributed by atoms with Gasteiger partial charge in [0.05, 0.1) is 13.2 Å². The lowest BCUT2D eigenvalue weighted by atomic mass is 10.1. The molecule has 2 heterocycles. The first kappa shape index (κ1) is 15.9. The van der Waals surface area contributed by atoms with Crippen molar-refractivity contribution in [2.75, 3.05) is 18.1 Å². The molecule has 1 aromatic rings. The van der Waals surface area contributed by atoms with Crippen LogP contribution in [0, 0.1) is 0 Å². The molecule has 2 aliphatic heterocycles. The van der Waals surface area contributed by atoms with Gasteiger partial charge in [0, 0.05) is 18.5 Å². The van der Waals surface area contributed by atoms with Gasteiger partial charge in [-0.25, -0.2) is 4.79 Å². The molecule has 2 unspecified atom stereocenters. The molecule has 0 saturated carbocycles. The summed E-state index contributed by atoms with van der Waals surface area (Å²) in [6, 6.07) is 5.04. The van der Waals surface area contributed by atoms with E-state index < -0.39 is 30.9 Å². The average molecular weight is 331 g/mol. The maximum atomic E-state index is 12.3. The fourth-order valence-corrected chi connectivity index (χ4v) is 2.79. The topological polar surface area (TPSA) is 59.0 Å². The number of nitrogens with zero attached hydrogens (tertiary/aromatic N) is 1. The Balaban J connectivity index is 1.67. The van der Waals surface area contributed by atoms with Crippen LogP contribution in [0.4, 0.5) is 23.7 Å². The van der Waals surface area contributed by atoms with E-state index in [4.69, 9.17) is 14.6 Å². The van der Waals surface area contributed by atoms with Crippen molar-refractivity contribution in [3.8, 4) is 5.75 Å². The Kier molecular flexibility index (Phi) is 4.09. The summed E-state index contributed by atoms with van der Waals surface area (Å²) in [7, 11) is 0. The Hall–Kier alpha value is -1.96. The zero-order chi connectivity index (χ0) is 16.6. The van der Waals surface area contributed by atoms with Gasteiger partial charge in [0.25, 0.3) is 0 Å². The van der Waals surface area contributed by atoms with Crippen molar-refractivity contribution in [2.45, 2.75) is 37.6 Å². The number of halogens is 3. The summed E-state index contributed by atoms with van der Waals surface area (Å²) in [6.45, 7) is -0.0116. The molecule has 1 amide bonds. The average Bonchev–Trinajstić information content (AvgIpc) is 3.06. The third kappa shape index (κ3) is 3.52. The van der Waals surface area contributed by atoms with Gasteiger partial charge >= 0.3 is 12.3 Å². The van der Waals surface area contributed by atoms with E-state index >= 15 is 0 Å².